The van der Waals surface area contributed by atoms with Gasteiger partial charge in [-0.05, 0) is 6.42 Å². The zero-order chi connectivity index (χ0) is 7.28. The molecule has 0 saturated heterocycles. The van der Waals surface area contributed by atoms with Crippen molar-refractivity contribution in [3.8, 4) is 0 Å². The second kappa shape index (κ2) is 4.33. The Kier molecular flexibility index (Phi) is 2.88. The zero-order valence-electron chi connectivity index (χ0n) is 5.29. The molecule has 0 aromatic heterocycles. The molecule has 0 aromatic carbocycles. The lowest BCUT2D eigenvalue weighted by Gasteiger charge is -1.79. The molecule has 8 heavy (non-hydrogen) atoms. The van der Waals surface area contributed by atoms with Gasteiger partial charge >= 0.3 is 5.97 Å². The molecular formula is C5H8O3. The minimum Gasteiger partial charge on any atom is -0.478 e. The van der Waals surface area contributed by atoms with E-state index in [2.05, 4.69) is 0 Å². The Bertz CT molecular complexity index is 130. The molecule has 0 saturated carbocycles. The van der Waals surface area contributed by atoms with Gasteiger partial charge in [-0.1, -0.05) is 6.08 Å². The van der Waals surface area contributed by atoms with Crippen molar-refractivity contribution in [2.75, 3.05) is 6.61 Å². The Hall–Kier alpha value is -0.830. The number of aliphatic hydroxyl groups is 1. The summed E-state index contributed by atoms with van der Waals surface area (Å²) in [5.41, 5.74) is 0. The summed E-state index contributed by atoms with van der Waals surface area (Å²) in [4.78, 5) is 9.87. The highest BCUT2D eigenvalue weighted by atomic mass is 16.4. The molecule has 46 valence electrons. The number of hydrogen-bond acceptors (Lipinski definition) is 2. The highest BCUT2D eigenvalue weighted by molar-refractivity contribution is 5.79. The number of aliphatic hydroxyl groups excluding tert-OH is 1. The lowest BCUT2D eigenvalue weighted by molar-refractivity contribution is -0.131. The van der Waals surface area contributed by atoms with Crippen molar-refractivity contribution in [3.63, 3.8) is 0 Å². The van der Waals surface area contributed by atoms with Crippen LogP contribution in [0.1, 0.15) is 7.79 Å². The van der Waals surface area contributed by atoms with Crippen molar-refractivity contribution in [3.05, 3.63) is 12.1 Å². The molecule has 0 heterocycles. The molecule has 0 bridgehead atoms. The van der Waals surface area contributed by atoms with Crippen LogP contribution in [-0.4, -0.2) is 22.8 Å². The summed E-state index contributed by atoms with van der Waals surface area (Å²) in [6.45, 7) is -0.115. The smallest absolute Gasteiger partial charge is 0.327 e. The lowest BCUT2D eigenvalue weighted by Crippen LogP contribution is -1.86. The third kappa shape index (κ3) is 5.17. The first-order chi connectivity index (χ1) is 4.18. The van der Waals surface area contributed by atoms with Gasteiger partial charge in [0, 0.05) is 12.7 Å². The first-order valence-corrected chi connectivity index (χ1v) is 2.19. The van der Waals surface area contributed by atoms with Crippen LogP contribution in [0, 0.1) is 0 Å². The van der Waals surface area contributed by atoms with Crippen LogP contribution in [0.4, 0.5) is 0 Å². The van der Waals surface area contributed by atoms with Gasteiger partial charge in [0.2, 0.25) is 0 Å². The summed E-state index contributed by atoms with van der Waals surface area (Å²) in [7, 11) is 0. The molecule has 0 fully saturated rings. The van der Waals surface area contributed by atoms with Crippen molar-refractivity contribution in [1.82, 2.24) is 0 Å². The minimum atomic E-state index is -1.26. The summed E-state index contributed by atoms with van der Waals surface area (Å²) in [5, 5.41) is 16.2. The van der Waals surface area contributed by atoms with Crippen LogP contribution < -0.4 is 0 Å². The minimum absolute atomic E-state index is 0.115. The van der Waals surface area contributed by atoms with Crippen LogP contribution in [0.3, 0.4) is 0 Å². The monoisotopic (exact) mass is 118 g/mol. The average Bonchev–Trinajstić information content (AvgIpc) is 1.82. The van der Waals surface area contributed by atoms with Crippen LogP contribution in [0.25, 0.3) is 0 Å². The maximum atomic E-state index is 9.87. The van der Waals surface area contributed by atoms with Crippen LogP contribution in [0.5, 0.6) is 0 Å². The van der Waals surface area contributed by atoms with E-state index in [1.54, 1.807) is 0 Å². The fourth-order valence-corrected chi connectivity index (χ4v) is 0.224. The molecule has 0 radical (unpaired) electrons. The summed E-state index contributed by atoms with van der Waals surface area (Å²) in [5.74, 6) is -1.26. The van der Waals surface area contributed by atoms with E-state index < -0.39 is 12.0 Å². The van der Waals surface area contributed by atoms with Gasteiger partial charge in [-0.3, -0.25) is 0 Å². The largest absolute Gasteiger partial charge is 0.478 e. The summed E-state index contributed by atoms with van der Waals surface area (Å²) >= 11 is 0. The number of carboxylic acid groups (broad SMARTS) is 1. The van der Waals surface area contributed by atoms with Gasteiger partial charge in [0.05, 0.1) is 1.37 Å². The summed E-state index contributed by atoms with van der Waals surface area (Å²) in [6, 6.07) is -0.468. The van der Waals surface area contributed by atoms with Crippen molar-refractivity contribution in [2.24, 2.45) is 0 Å². The number of hydrogen-bond donors (Lipinski definition) is 2. The number of carboxylic acids is 1. The van der Waals surface area contributed by atoms with Gasteiger partial charge in [0.1, 0.15) is 0 Å². The van der Waals surface area contributed by atoms with E-state index in [1.165, 1.54) is 0 Å². The molecule has 0 aromatic rings. The zero-order valence-corrected chi connectivity index (χ0v) is 4.29. The van der Waals surface area contributed by atoms with Gasteiger partial charge in [-0.2, -0.15) is 0 Å². The molecular weight excluding hydrogens is 109 g/mol. The van der Waals surface area contributed by atoms with E-state index in [0.29, 0.717) is 0 Å². The predicted molar refractivity (Wildman–Crippen MR) is 28.5 cm³/mol. The number of rotatable bonds is 3. The Labute approximate surface area is 48.7 Å². The average molecular weight is 118 g/mol. The maximum Gasteiger partial charge on any atom is 0.327 e. The van der Waals surface area contributed by atoms with Crippen LogP contribution >= 0.6 is 0 Å². The highest BCUT2D eigenvalue weighted by Crippen LogP contribution is 1.78. The maximum absolute atomic E-state index is 9.87. The van der Waals surface area contributed by atoms with Crippen LogP contribution in [-0.2, 0) is 4.79 Å². The van der Waals surface area contributed by atoms with Gasteiger partial charge in [-0.25, -0.2) is 4.79 Å². The Morgan fingerprint density at radius 1 is 1.88 bits per heavy atom. The fourth-order valence-electron chi connectivity index (χ4n) is 0.224. The third-order valence-electron chi connectivity index (χ3n) is 0.499. The normalized spacial score (nSPS) is 13.1. The van der Waals surface area contributed by atoms with Gasteiger partial charge in [0.25, 0.3) is 0 Å². The first kappa shape index (κ1) is 5.31. The molecule has 0 rings (SSSR count). The molecule has 0 amide bonds. The molecule has 2 N–H and O–H groups in total. The second-order valence-electron chi connectivity index (χ2n) is 1.17. The molecule has 0 aliphatic carbocycles. The molecule has 0 aliphatic heterocycles. The number of aliphatic carboxylic acids is 1. The van der Waals surface area contributed by atoms with Crippen molar-refractivity contribution in [1.29, 1.82) is 0 Å². The first-order valence-electron chi connectivity index (χ1n) is 2.69. The molecule has 3 heteroatoms. The SMILES string of the molecule is [2H]C(=C[13CH2]CO)C(=O)O. The molecule has 0 unspecified atom stereocenters. The van der Waals surface area contributed by atoms with Crippen molar-refractivity contribution < 1.29 is 16.4 Å². The highest BCUT2D eigenvalue weighted by Gasteiger charge is 1.81. The van der Waals surface area contributed by atoms with E-state index in [9.17, 15) is 4.79 Å². The van der Waals surface area contributed by atoms with Crippen LogP contribution in [0.2, 0.25) is 0 Å². The molecule has 0 aliphatic rings. The molecule has 3 nitrogen and oxygen atoms in total. The van der Waals surface area contributed by atoms with Gasteiger partial charge in [0.15, 0.2) is 0 Å². The topological polar surface area (TPSA) is 57.5 Å². The van der Waals surface area contributed by atoms with E-state index >= 15 is 0 Å². The Morgan fingerprint density at radius 3 is 2.88 bits per heavy atom. The van der Waals surface area contributed by atoms with Gasteiger partial charge < -0.3 is 10.2 Å². The predicted octanol–water partition coefficient (Wildman–Crippen LogP) is 0.00960. The Morgan fingerprint density at radius 2 is 2.50 bits per heavy atom. The van der Waals surface area contributed by atoms with E-state index in [-0.39, 0.29) is 13.0 Å². The van der Waals surface area contributed by atoms with E-state index in [0.717, 1.165) is 6.08 Å². The van der Waals surface area contributed by atoms with Crippen LogP contribution in [0.15, 0.2) is 12.1 Å². The standard InChI is InChI=1S/C5H8O3/c6-4-2-1-3-5(7)8/h1,3,6H,2,4H2,(H,7,8)/i2+1,3D. The van der Waals surface area contributed by atoms with Crippen molar-refractivity contribution >= 4 is 5.97 Å². The van der Waals surface area contributed by atoms with E-state index in [4.69, 9.17) is 11.6 Å². The lowest BCUT2D eigenvalue weighted by atomic mass is 10.6. The van der Waals surface area contributed by atoms with E-state index in [1.807, 2.05) is 0 Å². The number of carbonyl (C=O) groups is 1. The second-order valence-corrected chi connectivity index (χ2v) is 1.17. The third-order valence-corrected chi connectivity index (χ3v) is 0.499. The fraction of sp³-hybridized carbons (Fsp3) is 0.400. The van der Waals surface area contributed by atoms with Gasteiger partial charge in [-0.15, -0.1) is 0 Å². The summed E-state index contributed by atoms with van der Waals surface area (Å²) < 4.78 is 6.68. The summed E-state index contributed by atoms with van der Waals surface area (Å²) in [6.07, 6.45) is 1.38. The molecule has 0 spiro atoms. The Balaban J connectivity index is 3.69. The molecule has 0 atom stereocenters. The quantitative estimate of drug-likeness (QED) is 0.405. The van der Waals surface area contributed by atoms with Crippen molar-refractivity contribution in [2.45, 2.75) is 6.42 Å².